The largest absolute Gasteiger partial charge is 0.472 e. The molecule has 19 heteroatoms. The van der Waals surface area contributed by atoms with Crippen molar-refractivity contribution in [2.24, 2.45) is 0 Å². The Kier molecular flexibility index (Phi) is 70.2. The van der Waals surface area contributed by atoms with Gasteiger partial charge in [-0.05, 0) is 103 Å². The predicted octanol–water partition coefficient (Wildman–Crippen LogP) is 22.9. The van der Waals surface area contributed by atoms with Crippen LogP contribution in [0.25, 0.3) is 0 Å². The van der Waals surface area contributed by atoms with E-state index >= 15 is 0 Å². The molecule has 0 heterocycles. The van der Waals surface area contributed by atoms with Gasteiger partial charge in [-0.2, -0.15) is 0 Å². The molecule has 0 spiro atoms. The molecular formula is C79H146O17P2. The zero-order chi connectivity index (χ0) is 71.8. The Balaban J connectivity index is 5.34. The third kappa shape index (κ3) is 71.4. The van der Waals surface area contributed by atoms with Gasteiger partial charge in [0.1, 0.15) is 19.3 Å². The lowest BCUT2D eigenvalue weighted by molar-refractivity contribution is -0.161. The molecule has 0 radical (unpaired) electrons. The van der Waals surface area contributed by atoms with Crippen LogP contribution in [0.2, 0.25) is 0 Å². The summed E-state index contributed by atoms with van der Waals surface area (Å²) in [7, 11) is -9.94. The second-order valence-electron chi connectivity index (χ2n) is 27.0. The number of unbranched alkanes of at least 4 members (excludes halogenated alkanes) is 43. The van der Waals surface area contributed by atoms with Crippen LogP contribution in [0.4, 0.5) is 0 Å². The summed E-state index contributed by atoms with van der Waals surface area (Å²) in [4.78, 5) is 72.9. The van der Waals surface area contributed by atoms with Crippen LogP contribution in [-0.4, -0.2) is 96.7 Å². The van der Waals surface area contributed by atoms with Gasteiger partial charge >= 0.3 is 39.5 Å². The van der Waals surface area contributed by atoms with Crippen molar-refractivity contribution in [3.05, 3.63) is 48.6 Å². The zero-order valence-corrected chi connectivity index (χ0v) is 64.5. The summed E-state index contributed by atoms with van der Waals surface area (Å²) in [5.41, 5.74) is 0. The number of carbonyl (C=O) groups excluding carboxylic acids is 4. The number of aliphatic hydroxyl groups excluding tert-OH is 1. The molecule has 0 aliphatic heterocycles. The van der Waals surface area contributed by atoms with Crippen LogP contribution in [0.5, 0.6) is 0 Å². The van der Waals surface area contributed by atoms with E-state index in [-0.39, 0.29) is 25.7 Å². The molecule has 0 saturated carbocycles. The molecular weight excluding hydrogens is 1280 g/mol. The van der Waals surface area contributed by atoms with E-state index < -0.39 is 97.5 Å². The first kappa shape index (κ1) is 95.0. The van der Waals surface area contributed by atoms with Crippen LogP contribution in [0.3, 0.4) is 0 Å². The van der Waals surface area contributed by atoms with Crippen molar-refractivity contribution in [1.82, 2.24) is 0 Å². The second-order valence-corrected chi connectivity index (χ2v) is 29.9. The van der Waals surface area contributed by atoms with E-state index in [1.165, 1.54) is 161 Å². The maximum atomic E-state index is 13.1. The minimum absolute atomic E-state index is 0.0864. The number of allylic oxidation sites excluding steroid dienone is 8. The number of rotatable bonds is 76. The molecule has 0 aromatic rings. The predicted molar refractivity (Wildman–Crippen MR) is 400 cm³/mol. The van der Waals surface area contributed by atoms with Crippen LogP contribution >= 0.6 is 15.6 Å². The summed E-state index contributed by atoms with van der Waals surface area (Å²) < 4.78 is 68.6. The Morgan fingerprint density at radius 1 is 0.286 bits per heavy atom. The number of phosphoric acid groups is 2. The van der Waals surface area contributed by atoms with Gasteiger partial charge in [-0.3, -0.25) is 37.3 Å². The van der Waals surface area contributed by atoms with Gasteiger partial charge in [0.2, 0.25) is 0 Å². The smallest absolute Gasteiger partial charge is 0.462 e. The third-order valence-electron chi connectivity index (χ3n) is 17.3. The molecule has 0 aliphatic carbocycles. The van der Waals surface area contributed by atoms with Gasteiger partial charge in [0.25, 0.3) is 0 Å². The Labute approximate surface area is 597 Å². The van der Waals surface area contributed by atoms with E-state index in [2.05, 4.69) is 76.3 Å². The summed E-state index contributed by atoms with van der Waals surface area (Å²) >= 11 is 0. The second kappa shape index (κ2) is 72.4. The van der Waals surface area contributed by atoms with Crippen molar-refractivity contribution in [3.8, 4) is 0 Å². The number of carbonyl (C=O) groups is 4. The fraction of sp³-hybridized carbons (Fsp3) is 0.848. The van der Waals surface area contributed by atoms with Gasteiger partial charge in [0, 0.05) is 25.7 Å². The molecule has 2 unspecified atom stereocenters. The molecule has 0 amide bonds. The molecule has 0 aromatic heterocycles. The van der Waals surface area contributed by atoms with Gasteiger partial charge in [0.15, 0.2) is 12.2 Å². The summed E-state index contributed by atoms with van der Waals surface area (Å²) in [6, 6.07) is 0. The average molecular weight is 1430 g/mol. The van der Waals surface area contributed by atoms with Crippen LogP contribution in [-0.2, 0) is 65.4 Å². The molecule has 0 fully saturated rings. The Morgan fingerprint density at radius 3 is 0.776 bits per heavy atom. The number of esters is 4. The Morgan fingerprint density at radius 2 is 0.500 bits per heavy atom. The summed E-state index contributed by atoms with van der Waals surface area (Å²) in [6.45, 7) is 4.88. The van der Waals surface area contributed by atoms with E-state index in [0.29, 0.717) is 25.7 Å². The molecule has 0 rings (SSSR count). The molecule has 3 N–H and O–H groups in total. The number of hydrogen-bond acceptors (Lipinski definition) is 15. The lowest BCUT2D eigenvalue weighted by Gasteiger charge is -2.21. The van der Waals surface area contributed by atoms with E-state index in [1.54, 1.807) is 0 Å². The maximum absolute atomic E-state index is 13.1. The molecule has 17 nitrogen and oxygen atoms in total. The van der Waals surface area contributed by atoms with Gasteiger partial charge in [-0.25, -0.2) is 9.13 Å². The summed E-state index contributed by atoms with van der Waals surface area (Å²) in [5, 5.41) is 10.6. The van der Waals surface area contributed by atoms with Crippen molar-refractivity contribution in [1.29, 1.82) is 0 Å². The highest BCUT2D eigenvalue weighted by Crippen LogP contribution is 2.45. The standard InChI is InChI=1S/C79H146O17P2/c1-5-9-13-17-21-25-29-33-36-40-44-48-52-56-60-64-77(82)90-70-75(96-79(84)66-62-58-54-50-46-42-38-35-31-27-23-19-15-11-7-3)72-94-98(87,88)92-68-73(80)67-91-97(85,86)93-71-74(69-89-76(81)63-59-55-51-47-43-39-32-28-24-20-16-12-8-4)95-78(83)65-61-57-53-49-45-41-37-34-30-26-22-18-14-10-6-2/h25,29,33-38,73-75,80H,5-24,26-28,30-32,39-72H2,1-4H3,(H,85,86)(H,87,88)/b29-25-,36-33-,37-34-,38-35-/t73-,74-,75-/m1/s1. The van der Waals surface area contributed by atoms with Gasteiger partial charge in [-0.1, -0.05) is 295 Å². The van der Waals surface area contributed by atoms with Crippen LogP contribution in [0.15, 0.2) is 48.6 Å². The minimum Gasteiger partial charge on any atom is -0.462 e. The lowest BCUT2D eigenvalue weighted by Crippen LogP contribution is -2.30. The quantitative estimate of drug-likeness (QED) is 0.0128. The number of phosphoric ester groups is 2. The highest BCUT2D eigenvalue weighted by atomic mass is 31.2. The first-order valence-corrected chi connectivity index (χ1v) is 42.9. The highest BCUT2D eigenvalue weighted by Gasteiger charge is 2.30. The molecule has 5 atom stereocenters. The van der Waals surface area contributed by atoms with Crippen molar-refractivity contribution in [2.75, 3.05) is 39.6 Å². The average Bonchev–Trinajstić information content (AvgIpc) is 1.04. The first-order valence-electron chi connectivity index (χ1n) is 39.9. The molecule has 0 aliphatic rings. The highest BCUT2D eigenvalue weighted by molar-refractivity contribution is 7.47. The van der Waals surface area contributed by atoms with Crippen LogP contribution in [0, 0.1) is 0 Å². The van der Waals surface area contributed by atoms with E-state index in [9.17, 15) is 43.2 Å². The first-order chi connectivity index (χ1) is 47.7. The number of aliphatic hydroxyl groups is 1. The molecule has 98 heavy (non-hydrogen) atoms. The van der Waals surface area contributed by atoms with E-state index in [4.69, 9.17) is 37.0 Å². The topological polar surface area (TPSA) is 237 Å². The van der Waals surface area contributed by atoms with Gasteiger partial charge in [0.05, 0.1) is 26.4 Å². The minimum atomic E-state index is -4.97. The number of hydrogen-bond donors (Lipinski definition) is 3. The normalized spacial score (nSPS) is 14.2. The fourth-order valence-electron chi connectivity index (χ4n) is 11.1. The molecule has 0 saturated heterocycles. The van der Waals surface area contributed by atoms with Crippen molar-refractivity contribution in [3.63, 3.8) is 0 Å². The molecule has 0 aromatic carbocycles. The van der Waals surface area contributed by atoms with Crippen molar-refractivity contribution < 1.29 is 80.2 Å². The third-order valence-corrected chi connectivity index (χ3v) is 19.2. The zero-order valence-electron chi connectivity index (χ0n) is 62.7. The van der Waals surface area contributed by atoms with E-state index in [0.717, 1.165) is 135 Å². The summed E-state index contributed by atoms with van der Waals surface area (Å²) in [5.74, 6) is -2.17. The van der Waals surface area contributed by atoms with Crippen LogP contribution in [0.1, 0.15) is 374 Å². The molecule has 0 bridgehead atoms. The van der Waals surface area contributed by atoms with Crippen LogP contribution < -0.4 is 0 Å². The Hall–Kier alpha value is -2.98. The van der Waals surface area contributed by atoms with Crippen molar-refractivity contribution in [2.45, 2.75) is 393 Å². The lowest BCUT2D eigenvalue weighted by atomic mass is 10.0. The van der Waals surface area contributed by atoms with Gasteiger partial charge < -0.3 is 33.8 Å². The fourth-order valence-corrected chi connectivity index (χ4v) is 12.7. The van der Waals surface area contributed by atoms with Crippen molar-refractivity contribution >= 4 is 39.5 Å². The monoisotopic (exact) mass is 1430 g/mol. The Bertz CT molecular complexity index is 2050. The SMILES string of the molecule is CCCCCC/C=C\C=C/CCCCCCCC(=O)OC[C@H](COP(=O)(O)OC[C@H](O)COP(=O)(O)OC[C@@H](COC(=O)CCCCCCCCCCCCCCC)OC(=O)CCCCCCC/C=C\CCCCCCCC)OC(=O)CCCCCCC/C=C\CCCCCCCC. The van der Waals surface area contributed by atoms with E-state index in [1.807, 2.05) is 0 Å². The molecule has 574 valence electrons. The number of ether oxygens (including phenoxy) is 4. The summed E-state index contributed by atoms with van der Waals surface area (Å²) in [6.07, 6.45) is 69.4. The van der Waals surface area contributed by atoms with Gasteiger partial charge in [-0.15, -0.1) is 0 Å². The maximum Gasteiger partial charge on any atom is 0.472 e.